The summed E-state index contributed by atoms with van der Waals surface area (Å²) in [5.41, 5.74) is 6.21. The van der Waals surface area contributed by atoms with Gasteiger partial charge in [0, 0.05) is 50.5 Å². The predicted octanol–water partition coefficient (Wildman–Crippen LogP) is 5.57. The first-order chi connectivity index (χ1) is 13.9. The first kappa shape index (κ1) is 19.0. The van der Waals surface area contributed by atoms with E-state index in [-0.39, 0.29) is 11.9 Å². The number of benzene rings is 2. The summed E-state index contributed by atoms with van der Waals surface area (Å²) in [6.07, 6.45) is 4.80. The summed E-state index contributed by atoms with van der Waals surface area (Å²) in [5.74, 6) is -0.245. The van der Waals surface area contributed by atoms with E-state index in [0.29, 0.717) is 0 Å². The molecule has 0 unspecified atom stereocenters. The molecular weight excluding hydrogens is 359 g/mol. The minimum atomic E-state index is -0.245. The topological polar surface area (TPSA) is 20.7 Å². The van der Waals surface area contributed by atoms with Crippen molar-refractivity contribution in [2.75, 3.05) is 0 Å². The van der Waals surface area contributed by atoms with Crippen molar-refractivity contribution in [3.63, 3.8) is 0 Å². The summed E-state index contributed by atoms with van der Waals surface area (Å²) in [6.45, 7) is 16.5. The Morgan fingerprint density at radius 2 is 1.83 bits per heavy atom. The molecule has 0 saturated heterocycles. The second-order valence-corrected chi connectivity index (χ2v) is 7.73. The highest BCUT2D eigenvalue weighted by molar-refractivity contribution is 6.00. The van der Waals surface area contributed by atoms with E-state index in [1.807, 2.05) is 18.2 Å². The van der Waals surface area contributed by atoms with Gasteiger partial charge < -0.3 is 9.55 Å². The fourth-order valence-corrected chi connectivity index (χ4v) is 4.10. The monoisotopic (exact) mass is 384 g/mol. The zero-order chi connectivity index (χ0) is 20.7. The molecule has 2 nitrogen and oxygen atoms in total. The normalized spacial score (nSPS) is 11.4. The number of nitrogens with zero attached hydrogens (tertiary/aromatic N) is 1. The summed E-state index contributed by atoms with van der Waals surface area (Å²) in [7, 11) is 0. The van der Waals surface area contributed by atoms with Gasteiger partial charge in [0.2, 0.25) is 0 Å². The lowest BCUT2D eigenvalue weighted by molar-refractivity contribution is 0.619. The fraction of sp³-hybridized carbons (Fsp3) is 0.154. The van der Waals surface area contributed by atoms with Gasteiger partial charge in [-0.05, 0) is 49.6 Å². The van der Waals surface area contributed by atoms with Crippen LogP contribution in [0.5, 0.6) is 0 Å². The highest BCUT2D eigenvalue weighted by atomic mass is 19.1. The van der Waals surface area contributed by atoms with Gasteiger partial charge in [-0.1, -0.05) is 43.5 Å². The van der Waals surface area contributed by atoms with E-state index in [4.69, 9.17) is 0 Å². The quantitative estimate of drug-likeness (QED) is 0.434. The van der Waals surface area contributed by atoms with Crippen LogP contribution in [-0.2, 0) is 6.42 Å². The number of nitrogens with one attached hydrogen (secondary N) is 1. The number of hydrogen-bond acceptors (Lipinski definition) is 0. The lowest BCUT2D eigenvalue weighted by atomic mass is 9.95. The third-order valence-corrected chi connectivity index (χ3v) is 5.37. The molecule has 0 aliphatic carbocycles. The van der Waals surface area contributed by atoms with Gasteiger partial charge >= 0.3 is 0 Å². The number of H-pyrrole nitrogens is 1. The molecule has 0 saturated carbocycles. The average molecular weight is 384 g/mol. The van der Waals surface area contributed by atoms with E-state index in [9.17, 15) is 4.39 Å². The Morgan fingerprint density at radius 1 is 1.07 bits per heavy atom. The molecule has 0 aliphatic rings. The first-order valence-corrected chi connectivity index (χ1v) is 9.81. The van der Waals surface area contributed by atoms with E-state index in [1.165, 1.54) is 11.6 Å². The van der Waals surface area contributed by atoms with Crippen LogP contribution < -0.4 is 10.7 Å². The van der Waals surface area contributed by atoms with Gasteiger partial charge in [0.1, 0.15) is 5.82 Å². The SMILES string of the molecule is C=CCc1cccc(-c2c(-c3cn(C(C)C)c4ccc(F)cc34)c(=C)[nH]c2=C)c1. The third-order valence-electron chi connectivity index (χ3n) is 5.37. The van der Waals surface area contributed by atoms with E-state index < -0.39 is 0 Å². The van der Waals surface area contributed by atoms with Gasteiger partial charge in [0.05, 0.1) is 0 Å². The van der Waals surface area contributed by atoms with Crippen molar-refractivity contribution in [2.24, 2.45) is 0 Å². The predicted molar refractivity (Wildman–Crippen MR) is 122 cm³/mol. The Morgan fingerprint density at radius 3 is 2.55 bits per heavy atom. The van der Waals surface area contributed by atoms with E-state index in [2.05, 4.69) is 67.5 Å². The van der Waals surface area contributed by atoms with Gasteiger partial charge in [-0.25, -0.2) is 4.39 Å². The van der Waals surface area contributed by atoms with Crippen molar-refractivity contribution in [3.05, 3.63) is 83.4 Å². The van der Waals surface area contributed by atoms with E-state index in [0.717, 1.165) is 50.3 Å². The van der Waals surface area contributed by atoms with Gasteiger partial charge in [0.25, 0.3) is 0 Å². The second kappa shape index (κ2) is 7.25. The smallest absolute Gasteiger partial charge is 0.123 e. The summed E-state index contributed by atoms with van der Waals surface area (Å²) in [6, 6.07) is 13.6. The highest BCUT2D eigenvalue weighted by Crippen LogP contribution is 2.35. The van der Waals surface area contributed by atoms with Crippen LogP contribution in [0.25, 0.3) is 46.3 Å². The van der Waals surface area contributed by atoms with Gasteiger partial charge in [-0.3, -0.25) is 0 Å². The number of aromatic nitrogens is 2. The van der Waals surface area contributed by atoms with Crippen LogP contribution in [0.1, 0.15) is 25.5 Å². The molecule has 0 amide bonds. The number of halogens is 1. The van der Waals surface area contributed by atoms with Gasteiger partial charge in [-0.15, -0.1) is 6.58 Å². The summed E-state index contributed by atoms with van der Waals surface area (Å²) in [5, 5.41) is 2.47. The molecule has 0 atom stereocenters. The van der Waals surface area contributed by atoms with Gasteiger partial charge in [0.15, 0.2) is 0 Å². The zero-order valence-electron chi connectivity index (χ0n) is 16.9. The molecule has 0 fully saturated rings. The fourth-order valence-electron chi connectivity index (χ4n) is 4.10. The number of aromatic amines is 1. The van der Waals surface area contributed by atoms with E-state index >= 15 is 0 Å². The zero-order valence-corrected chi connectivity index (χ0v) is 16.9. The lowest BCUT2D eigenvalue weighted by Crippen LogP contribution is -2.06. The molecule has 0 spiro atoms. The molecule has 2 heterocycles. The Kier molecular flexibility index (Phi) is 4.75. The molecule has 2 aromatic carbocycles. The summed E-state index contributed by atoms with van der Waals surface area (Å²) < 4.78 is 16.3. The summed E-state index contributed by atoms with van der Waals surface area (Å²) >= 11 is 0. The molecule has 0 bridgehead atoms. The maximum absolute atomic E-state index is 14.2. The largest absolute Gasteiger partial charge is 0.355 e. The van der Waals surface area contributed by atoms with Crippen molar-refractivity contribution >= 4 is 24.1 Å². The Hall–Kier alpha value is -3.33. The molecule has 4 rings (SSSR count). The van der Waals surface area contributed by atoms with Crippen LogP contribution in [0.4, 0.5) is 4.39 Å². The molecule has 29 heavy (non-hydrogen) atoms. The average Bonchev–Trinajstić information content (AvgIpc) is 3.18. The van der Waals surface area contributed by atoms with Crippen molar-refractivity contribution in [1.29, 1.82) is 0 Å². The van der Waals surface area contributed by atoms with Crippen LogP contribution in [0.2, 0.25) is 0 Å². The van der Waals surface area contributed by atoms with Crippen LogP contribution in [0.3, 0.4) is 0 Å². The Labute approximate surface area is 170 Å². The summed E-state index contributed by atoms with van der Waals surface area (Å²) in [4.78, 5) is 3.30. The molecule has 3 heteroatoms. The molecule has 4 aromatic rings. The van der Waals surface area contributed by atoms with Crippen LogP contribution >= 0.6 is 0 Å². The molecule has 1 N–H and O–H groups in total. The molecule has 2 aromatic heterocycles. The minimum Gasteiger partial charge on any atom is -0.355 e. The van der Waals surface area contributed by atoms with Crippen LogP contribution in [0.15, 0.2) is 61.3 Å². The van der Waals surface area contributed by atoms with Crippen molar-refractivity contribution in [1.82, 2.24) is 9.55 Å². The Bertz CT molecular complexity index is 1320. The van der Waals surface area contributed by atoms with Crippen molar-refractivity contribution in [2.45, 2.75) is 26.3 Å². The van der Waals surface area contributed by atoms with Crippen LogP contribution in [-0.4, -0.2) is 9.55 Å². The molecule has 0 aliphatic heterocycles. The van der Waals surface area contributed by atoms with Crippen LogP contribution in [0, 0.1) is 5.82 Å². The van der Waals surface area contributed by atoms with Crippen molar-refractivity contribution < 1.29 is 4.39 Å². The molecule has 146 valence electrons. The standard InChI is InChI=1S/C26H25FN2/c1-6-8-19-9-7-10-20(13-19)25-17(4)28-18(5)26(25)23-15-29(16(2)3)24-12-11-21(27)14-22(23)24/h6-7,9-16,28H,1,4-5,8H2,2-3H3. The molecular formula is C26H25FN2. The maximum atomic E-state index is 14.2. The Balaban J connectivity index is 2.05. The number of rotatable bonds is 5. The number of allylic oxidation sites excluding steroid dienone is 1. The van der Waals surface area contributed by atoms with E-state index in [1.54, 1.807) is 6.07 Å². The minimum absolute atomic E-state index is 0.245. The van der Waals surface area contributed by atoms with Gasteiger partial charge in [-0.2, -0.15) is 0 Å². The lowest BCUT2D eigenvalue weighted by Gasteiger charge is -2.08. The first-order valence-electron chi connectivity index (χ1n) is 9.81. The number of hydrogen-bond donors (Lipinski definition) is 1. The molecule has 0 radical (unpaired) electrons. The highest BCUT2D eigenvalue weighted by Gasteiger charge is 2.19. The maximum Gasteiger partial charge on any atom is 0.123 e. The number of fused-ring (bicyclic) bond motifs is 1. The van der Waals surface area contributed by atoms with Crippen molar-refractivity contribution in [3.8, 4) is 22.3 Å². The third kappa shape index (κ3) is 3.23. The second-order valence-electron chi connectivity index (χ2n) is 7.73.